The Labute approximate surface area is 687 Å². The maximum atomic E-state index is 13.0. The number of carbonyl (C=O) groups is 5. The second kappa shape index (κ2) is 38.5. The predicted octanol–water partition coefficient (Wildman–Crippen LogP) is 20.1. The Hall–Kier alpha value is -13.8. The molecule has 0 aliphatic rings. The lowest BCUT2D eigenvalue weighted by Crippen LogP contribution is -2.30. The van der Waals surface area contributed by atoms with Crippen LogP contribution >= 0.6 is 0 Å². The first-order chi connectivity index (χ1) is 56.0. The van der Waals surface area contributed by atoms with Crippen LogP contribution in [-0.2, 0) is 7.05 Å². The summed E-state index contributed by atoms with van der Waals surface area (Å²) in [5, 5.41) is 103. The molecule has 118 heavy (non-hydrogen) atoms. The molecule has 0 aliphatic heterocycles. The van der Waals surface area contributed by atoms with E-state index < -0.39 is 0 Å². The summed E-state index contributed by atoms with van der Waals surface area (Å²) < 4.78 is 2.02. The highest BCUT2D eigenvalue weighted by Gasteiger charge is 2.28. The van der Waals surface area contributed by atoms with Gasteiger partial charge < -0.3 is 90.1 Å². The van der Waals surface area contributed by atoms with Gasteiger partial charge >= 0.3 is 0 Å². The molecule has 0 atom stereocenters. The van der Waals surface area contributed by atoms with Crippen LogP contribution in [0.3, 0.4) is 0 Å². The van der Waals surface area contributed by atoms with Gasteiger partial charge in [-0.3, -0.25) is 24.0 Å². The number of amides is 5. The SMILES string of the molecule is CC(C)c1cc(C(=O)N(C)c2ccc3[nH]ccc3c2)c(O)cc1O.CC(C)c1cc(C(=O)N(C)c2ccc3c(ccn3C)c2)c(O)cc1O.CCN(C(=O)c1cc(C(C)C)c(O)cc1O)c1ccc2[nH]ccc2c1.CCN(C(=O)c1cc(C(C)C)c(O)cc1O)c1ccccc1.CCN(C(=O)c1cc(C(C)C)c(O)cc1O)c1ccccc1. The molecule has 13 rings (SSSR count). The molecule has 10 aromatic carbocycles. The highest BCUT2D eigenvalue weighted by atomic mass is 16.3. The van der Waals surface area contributed by atoms with Gasteiger partial charge in [0.15, 0.2) is 0 Å². The van der Waals surface area contributed by atoms with Gasteiger partial charge in [-0.2, -0.15) is 0 Å². The third kappa shape index (κ3) is 20.1. The number of aromatic hydroxyl groups is 10. The molecular formula is C95H106N8O15. The summed E-state index contributed by atoms with van der Waals surface area (Å²) in [4.78, 5) is 78.3. The van der Waals surface area contributed by atoms with Crippen molar-refractivity contribution in [3.8, 4) is 57.5 Å². The Bertz CT molecular complexity index is 5630. The average Bonchev–Trinajstić information content (AvgIpc) is 1.43. The Morgan fingerprint density at radius 3 is 0.881 bits per heavy atom. The minimum Gasteiger partial charge on any atom is -0.508 e. The molecule has 23 heteroatoms. The molecule has 0 unspecified atom stereocenters. The minimum atomic E-state index is -0.329. The number of carbonyl (C=O) groups excluding carboxylic acids is 5. The van der Waals surface area contributed by atoms with E-state index in [1.165, 1.54) is 40.1 Å². The summed E-state index contributed by atoms with van der Waals surface area (Å²) in [5.41, 5.74) is 11.0. The van der Waals surface area contributed by atoms with E-state index in [1.54, 1.807) is 59.1 Å². The highest BCUT2D eigenvalue weighted by molar-refractivity contribution is 6.12. The van der Waals surface area contributed by atoms with Crippen LogP contribution in [0, 0.1) is 0 Å². The fraction of sp³-hybridized carbons (Fsp3) is 0.253. The van der Waals surface area contributed by atoms with Gasteiger partial charge in [0, 0.05) is 151 Å². The quantitative estimate of drug-likeness (QED) is 0.0380. The van der Waals surface area contributed by atoms with Gasteiger partial charge in [-0.05, 0) is 206 Å². The molecule has 0 saturated heterocycles. The summed E-state index contributed by atoms with van der Waals surface area (Å²) in [6.45, 7) is 26.3. The zero-order valence-electron chi connectivity index (χ0n) is 69.4. The van der Waals surface area contributed by atoms with E-state index in [0.29, 0.717) is 47.5 Å². The lowest BCUT2D eigenvalue weighted by Gasteiger charge is -2.22. The number of anilines is 5. The third-order valence-electron chi connectivity index (χ3n) is 20.4. The maximum absolute atomic E-state index is 13.0. The maximum Gasteiger partial charge on any atom is 0.262 e. The number of nitrogens with zero attached hydrogens (tertiary/aromatic N) is 6. The van der Waals surface area contributed by atoms with Crippen molar-refractivity contribution in [1.82, 2.24) is 14.5 Å². The van der Waals surface area contributed by atoms with Gasteiger partial charge in [0.05, 0.1) is 27.8 Å². The Balaban J connectivity index is 0.000000168. The minimum absolute atomic E-state index is 0.000779. The first kappa shape index (κ1) is 88.1. The van der Waals surface area contributed by atoms with Crippen LogP contribution in [0.5, 0.6) is 57.5 Å². The number of aryl methyl sites for hydroxylation is 1. The molecule has 616 valence electrons. The molecule has 0 bridgehead atoms. The number of aromatic nitrogens is 3. The number of nitrogens with one attached hydrogen (secondary N) is 2. The highest BCUT2D eigenvalue weighted by Crippen LogP contribution is 2.40. The summed E-state index contributed by atoms with van der Waals surface area (Å²) in [5.74, 6) is -2.36. The van der Waals surface area contributed by atoms with Crippen molar-refractivity contribution in [3.63, 3.8) is 0 Å². The van der Waals surface area contributed by atoms with Crippen LogP contribution < -0.4 is 24.5 Å². The third-order valence-corrected chi connectivity index (χ3v) is 20.4. The number of rotatable bonds is 18. The molecule has 23 nitrogen and oxygen atoms in total. The van der Waals surface area contributed by atoms with Crippen molar-refractivity contribution >= 4 is 90.7 Å². The number of para-hydroxylation sites is 2. The number of benzene rings is 10. The van der Waals surface area contributed by atoms with Crippen molar-refractivity contribution in [2.45, 2.75) is 120 Å². The second-order valence-electron chi connectivity index (χ2n) is 30.1. The molecule has 0 spiro atoms. The number of hydrogen-bond donors (Lipinski definition) is 12. The lowest BCUT2D eigenvalue weighted by atomic mass is 9.98. The first-order valence-electron chi connectivity index (χ1n) is 39.1. The molecule has 0 aliphatic carbocycles. The van der Waals surface area contributed by atoms with E-state index in [2.05, 4.69) is 9.97 Å². The molecule has 12 N–H and O–H groups in total. The van der Waals surface area contributed by atoms with E-state index >= 15 is 0 Å². The molecule has 5 amide bonds. The average molecular weight is 1600 g/mol. The van der Waals surface area contributed by atoms with Gasteiger partial charge in [-0.15, -0.1) is 0 Å². The van der Waals surface area contributed by atoms with Gasteiger partial charge in [0.1, 0.15) is 57.5 Å². The van der Waals surface area contributed by atoms with E-state index in [0.717, 1.165) is 61.1 Å². The van der Waals surface area contributed by atoms with Gasteiger partial charge in [0.25, 0.3) is 29.5 Å². The first-order valence-corrected chi connectivity index (χ1v) is 39.1. The van der Waals surface area contributed by atoms with Crippen molar-refractivity contribution in [1.29, 1.82) is 0 Å². The number of phenolic OH excluding ortho intramolecular Hbond substituents is 10. The van der Waals surface area contributed by atoms with E-state index in [1.807, 2.05) is 254 Å². The molecule has 3 aromatic heterocycles. The van der Waals surface area contributed by atoms with Crippen molar-refractivity contribution in [2.75, 3.05) is 58.2 Å². The number of aromatic amines is 2. The zero-order chi connectivity index (χ0) is 86.4. The van der Waals surface area contributed by atoms with E-state index in [-0.39, 0.29) is 144 Å². The van der Waals surface area contributed by atoms with Crippen LogP contribution in [0.15, 0.2) is 213 Å². The van der Waals surface area contributed by atoms with Gasteiger partial charge in [-0.1, -0.05) is 106 Å². The summed E-state index contributed by atoms with van der Waals surface area (Å²) in [6, 6.07) is 55.7. The molecule has 13 aromatic rings. The Morgan fingerprint density at radius 1 is 0.305 bits per heavy atom. The van der Waals surface area contributed by atoms with Crippen LogP contribution in [-0.4, -0.2) is 129 Å². The normalized spacial score (nSPS) is 11.0. The lowest BCUT2D eigenvalue weighted by molar-refractivity contribution is 0.0977. The monoisotopic (exact) mass is 1600 g/mol. The van der Waals surface area contributed by atoms with E-state index in [4.69, 9.17) is 0 Å². The van der Waals surface area contributed by atoms with Gasteiger partial charge in [0.2, 0.25) is 0 Å². The number of hydrogen-bond acceptors (Lipinski definition) is 15. The largest absolute Gasteiger partial charge is 0.508 e. The van der Waals surface area contributed by atoms with Crippen molar-refractivity contribution < 1.29 is 75.0 Å². The molecule has 0 saturated carbocycles. The van der Waals surface area contributed by atoms with Crippen LogP contribution in [0.4, 0.5) is 28.4 Å². The smallest absolute Gasteiger partial charge is 0.262 e. The van der Waals surface area contributed by atoms with Crippen LogP contribution in [0.2, 0.25) is 0 Å². The van der Waals surface area contributed by atoms with Gasteiger partial charge in [-0.25, -0.2) is 0 Å². The zero-order valence-corrected chi connectivity index (χ0v) is 69.4. The fourth-order valence-corrected chi connectivity index (χ4v) is 13.7. The van der Waals surface area contributed by atoms with Crippen LogP contribution in [0.1, 0.15) is 199 Å². The summed E-state index contributed by atoms with van der Waals surface area (Å²) in [6.07, 6.45) is 5.67. The van der Waals surface area contributed by atoms with Crippen molar-refractivity contribution in [3.05, 3.63) is 268 Å². The topological polar surface area (TPSA) is 340 Å². The second-order valence-corrected chi connectivity index (χ2v) is 30.1. The number of fused-ring (bicyclic) bond motifs is 3. The molecule has 3 heterocycles. The number of phenols is 10. The molecular weight excluding hydrogens is 1490 g/mol. The van der Waals surface area contributed by atoms with E-state index in [9.17, 15) is 75.0 Å². The number of H-pyrrole nitrogens is 2. The summed E-state index contributed by atoms with van der Waals surface area (Å²) >= 11 is 0. The van der Waals surface area contributed by atoms with Crippen LogP contribution in [0.25, 0.3) is 32.7 Å². The van der Waals surface area contributed by atoms with Crippen molar-refractivity contribution in [2.24, 2.45) is 7.05 Å². The molecule has 0 fully saturated rings. The molecule has 0 radical (unpaired) electrons. The Kier molecular flexibility index (Phi) is 28.8. The Morgan fingerprint density at radius 2 is 0.576 bits per heavy atom. The predicted molar refractivity (Wildman–Crippen MR) is 469 cm³/mol. The summed E-state index contributed by atoms with van der Waals surface area (Å²) in [7, 11) is 5.31. The fourth-order valence-electron chi connectivity index (χ4n) is 13.7. The standard InChI is InChI=1S/2C20H22N2O3.C19H20N2O3.2C18H21NO3/c1-12(2)15-10-16(19(24)11-18(15)23)20(25)22(4)14-5-6-17-13(9-14)7-8-21(17)3;1-4-22(14-5-6-17-13(9-14)7-8-21-17)20(25)16-10-15(12(2)3)18(23)11-19(16)24;1-11(2)14-9-15(18(23)10-17(14)22)19(24)21(3)13-4-5-16-12(8-13)6-7-20-16;2*1-4-19(13-8-6-5-7-9-13)18(22)15-10-14(12(2)3)16(20)11-17(15)21/h5-12,23-24H,1-4H3;5-12,21,23-24H,4H2,1-3H3;4-11,20,22-23H,1-3H3;2*5-12,20-21H,4H2,1-3H3.